The number of benzene rings is 1. The molecule has 0 amide bonds. The smallest absolute Gasteiger partial charge is 0.322 e. The number of aryl methyl sites for hydroxylation is 1. The van der Waals surface area contributed by atoms with Crippen LogP contribution >= 0.6 is 0 Å². The summed E-state index contributed by atoms with van der Waals surface area (Å²) >= 11 is 0. The van der Waals surface area contributed by atoms with Gasteiger partial charge in [-0.05, 0) is 30.5 Å². The average Bonchev–Trinajstić information content (AvgIpc) is 2.34. The number of rotatable bonds is 7. The summed E-state index contributed by atoms with van der Waals surface area (Å²) in [7, 11) is 0. The molecule has 4 nitrogen and oxygen atoms in total. The maximum Gasteiger partial charge on any atom is 0.322 e. The summed E-state index contributed by atoms with van der Waals surface area (Å²) in [6.07, 6.45) is 3.47. The Morgan fingerprint density at radius 3 is 2.59 bits per heavy atom. The predicted octanol–water partition coefficient (Wildman–Crippen LogP) is 1.85. The van der Waals surface area contributed by atoms with Crippen LogP contribution in [0.3, 0.4) is 0 Å². The van der Waals surface area contributed by atoms with E-state index in [1.807, 2.05) is 12.1 Å². The number of carboxylic acid groups (broad SMARTS) is 1. The van der Waals surface area contributed by atoms with Crippen molar-refractivity contribution in [3.05, 3.63) is 29.8 Å². The monoisotopic (exact) mass is 236 g/mol. The molecule has 0 heterocycles. The number of anilines is 1. The van der Waals surface area contributed by atoms with Gasteiger partial charge in [-0.15, -0.1) is 0 Å². The summed E-state index contributed by atoms with van der Waals surface area (Å²) in [4.78, 5) is 10.5. The van der Waals surface area contributed by atoms with E-state index in [1.165, 1.54) is 18.4 Å². The van der Waals surface area contributed by atoms with E-state index in [0.29, 0.717) is 0 Å². The standard InChI is InChI=1S/C13H20N2O2/c1-2-3-4-10-5-7-11(8-6-10)15-9-12(14)13(16)17/h5-8,12,15H,2-4,9,14H2,1H3,(H,16,17). The summed E-state index contributed by atoms with van der Waals surface area (Å²) in [6.45, 7) is 2.41. The Kier molecular flexibility index (Phi) is 5.49. The minimum atomic E-state index is -0.989. The Hall–Kier alpha value is -1.55. The molecule has 0 aliphatic rings. The molecule has 4 N–H and O–H groups in total. The highest BCUT2D eigenvalue weighted by atomic mass is 16.4. The molecular formula is C13H20N2O2. The Bertz CT molecular complexity index is 349. The van der Waals surface area contributed by atoms with E-state index < -0.39 is 12.0 Å². The second-order valence-corrected chi connectivity index (χ2v) is 4.13. The largest absolute Gasteiger partial charge is 0.480 e. The van der Waals surface area contributed by atoms with Gasteiger partial charge in [0.05, 0.1) is 0 Å². The summed E-state index contributed by atoms with van der Waals surface area (Å²) in [5.74, 6) is -0.989. The molecule has 1 aromatic rings. The highest BCUT2D eigenvalue weighted by molar-refractivity contribution is 5.74. The van der Waals surface area contributed by atoms with Crippen molar-refractivity contribution in [3.8, 4) is 0 Å². The zero-order valence-corrected chi connectivity index (χ0v) is 10.1. The fourth-order valence-electron chi connectivity index (χ4n) is 1.49. The maximum atomic E-state index is 10.5. The third kappa shape index (κ3) is 4.87. The first-order valence-electron chi connectivity index (χ1n) is 5.94. The van der Waals surface area contributed by atoms with Gasteiger partial charge in [0, 0.05) is 12.2 Å². The van der Waals surface area contributed by atoms with E-state index in [4.69, 9.17) is 10.8 Å². The minimum Gasteiger partial charge on any atom is -0.480 e. The number of unbranched alkanes of at least 4 members (excludes halogenated alkanes) is 1. The van der Waals surface area contributed by atoms with E-state index in [1.54, 1.807) is 0 Å². The fourth-order valence-corrected chi connectivity index (χ4v) is 1.49. The lowest BCUT2D eigenvalue weighted by Gasteiger charge is -2.10. The van der Waals surface area contributed by atoms with Gasteiger partial charge in [-0.1, -0.05) is 25.5 Å². The Morgan fingerprint density at radius 1 is 1.41 bits per heavy atom. The van der Waals surface area contributed by atoms with Crippen molar-refractivity contribution < 1.29 is 9.90 Å². The van der Waals surface area contributed by atoms with Gasteiger partial charge in [-0.2, -0.15) is 0 Å². The molecule has 1 unspecified atom stereocenters. The second kappa shape index (κ2) is 6.91. The lowest BCUT2D eigenvalue weighted by molar-refractivity contribution is -0.138. The number of carboxylic acids is 1. The Morgan fingerprint density at radius 2 is 2.06 bits per heavy atom. The van der Waals surface area contributed by atoms with Gasteiger partial charge in [0.15, 0.2) is 0 Å². The number of nitrogens with two attached hydrogens (primary N) is 1. The van der Waals surface area contributed by atoms with Gasteiger partial charge < -0.3 is 16.2 Å². The molecule has 1 rings (SSSR count). The fraction of sp³-hybridized carbons (Fsp3) is 0.462. The van der Waals surface area contributed by atoms with E-state index in [-0.39, 0.29) is 6.54 Å². The first-order valence-corrected chi connectivity index (χ1v) is 5.94. The van der Waals surface area contributed by atoms with Crippen LogP contribution in [0.5, 0.6) is 0 Å². The van der Waals surface area contributed by atoms with Crippen LogP contribution in [0.2, 0.25) is 0 Å². The summed E-state index contributed by atoms with van der Waals surface area (Å²) < 4.78 is 0. The van der Waals surface area contributed by atoms with E-state index in [9.17, 15) is 4.79 Å². The molecule has 4 heteroatoms. The van der Waals surface area contributed by atoms with Gasteiger partial charge in [0.2, 0.25) is 0 Å². The molecule has 0 aromatic heterocycles. The van der Waals surface area contributed by atoms with Crippen molar-refractivity contribution in [3.63, 3.8) is 0 Å². The molecule has 0 aliphatic heterocycles. The normalized spacial score (nSPS) is 12.1. The highest BCUT2D eigenvalue weighted by Gasteiger charge is 2.10. The third-order valence-electron chi connectivity index (χ3n) is 2.62. The molecule has 1 aromatic carbocycles. The van der Waals surface area contributed by atoms with Crippen molar-refractivity contribution in [2.24, 2.45) is 5.73 Å². The number of aliphatic carboxylic acids is 1. The molecule has 0 spiro atoms. The number of carbonyl (C=O) groups is 1. The van der Waals surface area contributed by atoms with E-state index in [0.717, 1.165) is 12.1 Å². The average molecular weight is 236 g/mol. The van der Waals surface area contributed by atoms with Crippen LogP contribution in [0.25, 0.3) is 0 Å². The highest BCUT2D eigenvalue weighted by Crippen LogP contribution is 2.11. The summed E-state index contributed by atoms with van der Waals surface area (Å²) in [5, 5.41) is 11.6. The summed E-state index contributed by atoms with van der Waals surface area (Å²) in [5.41, 5.74) is 7.61. The predicted molar refractivity (Wildman–Crippen MR) is 69.2 cm³/mol. The van der Waals surface area contributed by atoms with Gasteiger partial charge in [0.1, 0.15) is 6.04 Å². The van der Waals surface area contributed by atoms with Crippen LogP contribution in [0.15, 0.2) is 24.3 Å². The van der Waals surface area contributed by atoms with Crippen molar-refractivity contribution in [2.45, 2.75) is 32.2 Å². The zero-order chi connectivity index (χ0) is 12.7. The first-order chi connectivity index (χ1) is 8.13. The van der Waals surface area contributed by atoms with Crippen molar-refractivity contribution >= 4 is 11.7 Å². The van der Waals surface area contributed by atoms with Crippen LogP contribution < -0.4 is 11.1 Å². The van der Waals surface area contributed by atoms with E-state index >= 15 is 0 Å². The number of hydrogen-bond donors (Lipinski definition) is 3. The van der Waals surface area contributed by atoms with Crippen LogP contribution in [0, 0.1) is 0 Å². The van der Waals surface area contributed by atoms with Gasteiger partial charge in [-0.25, -0.2) is 0 Å². The molecule has 0 saturated carbocycles. The molecule has 94 valence electrons. The quantitative estimate of drug-likeness (QED) is 0.675. The minimum absolute atomic E-state index is 0.240. The molecule has 0 fully saturated rings. The lowest BCUT2D eigenvalue weighted by atomic mass is 10.1. The molecule has 0 aliphatic carbocycles. The van der Waals surface area contributed by atoms with Crippen LogP contribution in [-0.2, 0) is 11.2 Å². The molecule has 17 heavy (non-hydrogen) atoms. The Labute approximate surface area is 102 Å². The number of hydrogen-bond acceptors (Lipinski definition) is 3. The SMILES string of the molecule is CCCCc1ccc(NCC(N)C(=O)O)cc1. The summed E-state index contributed by atoms with van der Waals surface area (Å²) in [6, 6.07) is 7.17. The van der Waals surface area contributed by atoms with Crippen LogP contribution in [0.4, 0.5) is 5.69 Å². The van der Waals surface area contributed by atoms with E-state index in [2.05, 4.69) is 24.4 Å². The van der Waals surface area contributed by atoms with Crippen molar-refractivity contribution in [1.29, 1.82) is 0 Å². The topological polar surface area (TPSA) is 75.3 Å². The molecule has 0 saturated heterocycles. The molecular weight excluding hydrogens is 216 g/mol. The van der Waals surface area contributed by atoms with Crippen molar-refractivity contribution in [1.82, 2.24) is 0 Å². The maximum absolute atomic E-state index is 10.5. The Balaban J connectivity index is 2.42. The van der Waals surface area contributed by atoms with Gasteiger partial charge in [-0.3, -0.25) is 4.79 Å². The van der Waals surface area contributed by atoms with Crippen molar-refractivity contribution in [2.75, 3.05) is 11.9 Å². The molecule has 0 bridgehead atoms. The lowest BCUT2D eigenvalue weighted by Crippen LogP contribution is -2.36. The second-order valence-electron chi connectivity index (χ2n) is 4.13. The zero-order valence-electron chi connectivity index (χ0n) is 10.1. The molecule has 0 radical (unpaired) electrons. The van der Waals surface area contributed by atoms with Gasteiger partial charge in [0.25, 0.3) is 0 Å². The van der Waals surface area contributed by atoms with Crippen LogP contribution in [-0.4, -0.2) is 23.7 Å². The third-order valence-corrected chi connectivity index (χ3v) is 2.62. The first kappa shape index (κ1) is 13.5. The van der Waals surface area contributed by atoms with Crippen LogP contribution in [0.1, 0.15) is 25.3 Å². The molecule has 1 atom stereocenters. The number of nitrogens with one attached hydrogen (secondary N) is 1. The van der Waals surface area contributed by atoms with Gasteiger partial charge >= 0.3 is 5.97 Å².